The van der Waals surface area contributed by atoms with Crippen molar-refractivity contribution in [3.8, 4) is 22.6 Å². The van der Waals surface area contributed by atoms with E-state index in [9.17, 15) is 0 Å². The number of methoxy groups -OCH3 is 2. The number of rotatable bonds is 3. The second kappa shape index (κ2) is 4.78. The van der Waals surface area contributed by atoms with Gasteiger partial charge in [-0.25, -0.2) is 0 Å². The fraction of sp³-hybridized carbons (Fsp3) is 0.143. The van der Waals surface area contributed by atoms with Gasteiger partial charge in [0.05, 0.1) is 14.2 Å². The molecule has 2 N–H and O–H groups in total. The molecule has 2 aromatic carbocycles. The summed E-state index contributed by atoms with van der Waals surface area (Å²) in [6.45, 7) is 0. The molecule has 0 atom stereocenters. The molecule has 0 heterocycles. The minimum atomic E-state index is 0.715. The van der Waals surface area contributed by atoms with Crippen molar-refractivity contribution in [1.82, 2.24) is 0 Å². The average molecular weight is 229 g/mol. The van der Waals surface area contributed by atoms with Crippen LogP contribution in [0.2, 0.25) is 0 Å². The number of hydrogen-bond donors (Lipinski definition) is 1. The third-order valence-corrected chi connectivity index (χ3v) is 2.60. The summed E-state index contributed by atoms with van der Waals surface area (Å²) in [6, 6.07) is 13.5. The summed E-state index contributed by atoms with van der Waals surface area (Å²) in [5.41, 5.74) is 8.63. The van der Waals surface area contributed by atoms with Crippen LogP contribution >= 0.6 is 0 Å². The molecule has 0 aliphatic carbocycles. The number of nitrogens with two attached hydrogens (primary N) is 1. The van der Waals surface area contributed by atoms with Gasteiger partial charge >= 0.3 is 0 Å². The summed E-state index contributed by atoms with van der Waals surface area (Å²) < 4.78 is 10.5. The molecule has 2 rings (SSSR count). The van der Waals surface area contributed by atoms with E-state index in [1.54, 1.807) is 14.2 Å². The van der Waals surface area contributed by atoms with Gasteiger partial charge in [-0.1, -0.05) is 18.2 Å². The first-order chi connectivity index (χ1) is 8.24. The summed E-state index contributed by atoms with van der Waals surface area (Å²) in [7, 11) is 3.25. The Morgan fingerprint density at radius 1 is 0.824 bits per heavy atom. The lowest BCUT2D eigenvalue weighted by Gasteiger charge is -2.10. The molecule has 0 saturated carbocycles. The van der Waals surface area contributed by atoms with E-state index in [0.717, 1.165) is 22.6 Å². The van der Waals surface area contributed by atoms with E-state index in [-0.39, 0.29) is 0 Å². The second-order valence-corrected chi connectivity index (χ2v) is 3.70. The minimum absolute atomic E-state index is 0.715. The topological polar surface area (TPSA) is 44.5 Å². The predicted molar refractivity (Wildman–Crippen MR) is 69.4 cm³/mol. The summed E-state index contributed by atoms with van der Waals surface area (Å²) in [6.07, 6.45) is 0. The van der Waals surface area contributed by atoms with Gasteiger partial charge in [0.25, 0.3) is 0 Å². The minimum Gasteiger partial charge on any atom is -0.493 e. The molecule has 0 fully saturated rings. The van der Waals surface area contributed by atoms with Crippen LogP contribution in [0.4, 0.5) is 5.69 Å². The first-order valence-electron chi connectivity index (χ1n) is 5.32. The molecule has 0 aliphatic heterocycles. The van der Waals surface area contributed by atoms with Crippen molar-refractivity contribution in [2.75, 3.05) is 20.0 Å². The number of ether oxygens (including phenoxy) is 2. The normalized spacial score (nSPS) is 10.0. The third kappa shape index (κ3) is 2.33. The molecule has 0 saturated heterocycles. The Morgan fingerprint density at radius 3 is 2.18 bits per heavy atom. The molecule has 0 aliphatic rings. The molecular weight excluding hydrogens is 214 g/mol. The quantitative estimate of drug-likeness (QED) is 0.823. The van der Waals surface area contributed by atoms with Crippen LogP contribution in [-0.4, -0.2) is 14.2 Å². The van der Waals surface area contributed by atoms with Crippen molar-refractivity contribution in [2.45, 2.75) is 0 Å². The molecule has 0 radical (unpaired) electrons. The molecule has 0 bridgehead atoms. The fourth-order valence-electron chi connectivity index (χ4n) is 1.73. The van der Waals surface area contributed by atoms with Gasteiger partial charge in [-0.3, -0.25) is 0 Å². The van der Waals surface area contributed by atoms with Crippen LogP contribution in [0, 0.1) is 0 Å². The zero-order valence-corrected chi connectivity index (χ0v) is 9.94. The Bertz CT molecular complexity index is 523. The maximum absolute atomic E-state index is 5.77. The Balaban J connectivity index is 2.46. The number of anilines is 1. The van der Waals surface area contributed by atoms with Crippen LogP contribution < -0.4 is 15.2 Å². The first kappa shape index (κ1) is 11.3. The summed E-state index contributed by atoms with van der Waals surface area (Å²) in [5.74, 6) is 1.44. The Labute approximate surface area is 101 Å². The highest BCUT2D eigenvalue weighted by Crippen LogP contribution is 2.32. The van der Waals surface area contributed by atoms with Crippen LogP contribution in [0.1, 0.15) is 0 Å². The van der Waals surface area contributed by atoms with E-state index >= 15 is 0 Å². The molecule has 3 heteroatoms. The average Bonchev–Trinajstić information content (AvgIpc) is 2.38. The van der Waals surface area contributed by atoms with Crippen molar-refractivity contribution in [3.63, 3.8) is 0 Å². The summed E-state index contributed by atoms with van der Waals surface area (Å²) >= 11 is 0. The number of benzene rings is 2. The van der Waals surface area contributed by atoms with Gasteiger partial charge in [-0.15, -0.1) is 0 Å². The van der Waals surface area contributed by atoms with Crippen molar-refractivity contribution >= 4 is 5.69 Å². The third-order valence-electron chi connectivity index (χ3n) is 2.60. The van der Waals surface area contributed by atoms with Gasteiger partial charge in [0, 0.05) is 5.69 Å². The van der Waals surface area contributed by atoms with Crippen LogP contribution in [0.5, 0.6) is 11.5 Å². The van der Waals surface area contributed by atoms with Gasteiger partial charge in [0.15, 0.2) is 11.5 Å². The summed E-state index contributed by atoms with van der Waals surface area (Å²) in [5, 5.41) is 0. The lowest BCUT2D eigenvalue weighted by atomic mass is 10.0. The Morgan fingerprint density at radius 2 is 1.53 bits per heavy atom. The van der Waals surface area contributed by atoms with Crippen LogP contribution in [0.15, 0.2) is 42.5 Å². The molecule has 88 valence electrons. The molecule has 0 aromatic heterocycles. The molecule has 0 spiro atoms. The van der Waals surface area contributed by atoms with Gasteiger partial charge in [-0.2, -0.15) is 0 Å². The molecule has 0 unspecified atom stereocenters. The SMILES string of the molecule is COc1ccc(-c2cccc(N)c2)cc1OC. The number of hydrogen-bond acceptors (Lipinski definition) is 3. The predicted octanol–water partition coefficient (Wildman–Crippen LogP) is 2.95. The number of nitrogen functional groups attached to an aromatic ring is 1. The van der Waals surface area contributed by atoms with Gasteiger partial charge in [0.2, 0.25) is 0 Å². The zero-order chi connectivity index (χ0) is 12.3. The van der Waals surface area contributed by atoms with Crippen molar-refractivity contribution in [2.24, 2.45) is 0 Å². The molecule has 2 aromatic rings. The van der Waals surface area contributed by atoms with E-state index < -0.39 is 0 Å². The smallest absolute Gasteiger partial charge is 0.161 e. The van der Waals surface area contributed by atoms with Crippen molar-refractivity contribution < 1.29 is 9.47 Å². The zero-order valence-electron chi connectivity index (χ0n) is 9.94. The molecule has 17 heavy (non-hydrogen) atoms. The van der Waals surface area contributed by atoms with E-state index in [2.05, 4.69) is 0 Å². The summed E-state index contributed by atoms with van der Waals surface area (Å²) in [4.78, 5) is 0. The Kier molecular flexibility index (Phi) is 3.19. The molecule has 0 amide bonds. The first-order valence-corrected chi connectivity index (χ1v) is 5.32. The highest BCUT2D eigenvalue weighted by Gasteiger charge is 2.05. The fourth-order valence-corrected chi connectivity index (χ4v) is 1.73. The van der Waals surface area contributed by atoms with E-state index in [1.807, 2.05) is 42.5 Å². The largest absolute Gasteiger partial charge is 0.493 e. The highest BCUT2D eigenvalue weighted by molar-refractivity contribution is 5.70. The van der Waals surface area contributed by atoms with Crippen molar-refractivity contribution in [1.29, 1.82) is 0 Å². The second-order valence-electron chi connectivity index (χ2n) is 3.70. The molecular formula is C14H15NO2. The lowest BCUT2D eigenvalue weighted by molar-refractivity contribution is 0.355. The van der Waals surface area contributed by atoms with Gasteiger partial charge in [-0.05, 0) is 35.4 Å². The van der Waals surface area contributed by atoms with Crippen LogP contribution in [-0.2, 0) is 0 Å². The Hall–Kier alpha value is -2.16. The van der Waals surface area contributed by atoms with E-state index in [4.69, 9.17) is 15.2 Å². The highest BCUT2D eigenvalue weighted by atomic mass is 16.5. The van der Waals surface area contributed by atoms with Crippen LogP contribution in [0.3, 0.4) is 0 Å². The van der Waals surface area contributed by atoms with Gasteiger partial charge in [0.1, 0.15) is 0 Å². The van der Waals surface area contributed by atoms with E-state index in [0.29, 0.717) is 5.75 Å². The van der Waals surface area contributed by atoms with Crippen LogP contribution in [0.25, 0.3) is 11.1 Å². The molecule has 3 nitrogen and oxygen atoms in total. The standard InChI is InChI=1S/C14H15NO2/c1-16-13-7-6-11(9-14(13)17-2)10-4-3-5-12(15)8-10/h3-9H,15H2,1-2H3. The monoisotopic (exact) mass is 229 g/mol. The lowest BCUT2D eigenvalue weighted by Crippen LogP contribution is -1.91. The van der Waals surface area contributed by atoms with Gasteiger partial charge < -0.3 is 15.2 Å². The maximum Gasteiger partial charge on any atom is 0.161 e. The van der Waals surface area contributed by atoms with E-state index in [1.165, 1.54) is 0 Å². The van der Waals surface area contributed by atoms with Crippen molar-refractivity contribution in [3.05, 3.63) is 42.5 Å². The maximum atomic E-state index is 5.77.